The van der Waals surface area contributed by atoms with Gasteiger partial charge in [-0.15, -0.1) is 0 Å². The summed E-state index contributed by atoms with van der Waals surface area (Å²) in [4.78, 5) is 0.407. The van der Waals surface area contributed by atoms with Gasteiger partial charge in [0, 0.05) is 24.8 Å². The minimum Gasteiger partial charge on any atom is -0.351 e. The largest absolute Gasteiger partial charge is 0.351 e. The van der Waals surface area contributed by atoms with E-state index in [9.17, 15) is 8.42 Å². The molecule has 1 heterocycles. The summed E-state index contributed by atoms with van der Waals surface area (Å²) in [5.41, 5.74) is 4.96. The van der Waals surface area contributed by atoms with Crippen molar-refractivity contribution in [2.24, 2.45) is 7.05 Å². The van der Waals surface area contributed by atoms with Crippen molar-refractivity contribution in [3.05, 3.63) is 64.8 Å². The average Bonchev–Trinajstić information content (AvgIpc) is 2.93. The van der Waals surface area contributed by atoms with Crippen molar-refractivity contribution in [1.29, 1.82) is 0 Å². The van der Waals surface area contributed by atoms with Crippen molar-refractivity contribution >= 4 is 20.9 Å². The van der Waals surface area contributed by atoms with Gasteiger partial charge in [0.05, 0.1) is 4.90 Å². The van der Waals surface area contributed by atoms with Crippen LogP contribution in [0.4, 0.5) is 0 Å². The Labute approximate surface area is 162 Å². The minimum atomic E-state index is -3.56. The van der Waals surface area contributed by atoms with Crippen LogP contribution in [0.5, 0.6) is 0 Å². The van der Waals surface area contributed by atoms with Gasteiger partial charge in [-0.1, -0.05) is 36.8 Å². The second-order valence-corrected chi connectivity index (χ2v) is 9.13. The highest BCUT2D eigenvalue weighted by molar-refractivity contribution is 7.89. The topological polar surface area (TPSA) is 51.1 Å². The van der Waals surface area contributed by atoms with Gasteiger partial charge in [-0.3, -0.25) is 0 Å². The zero-order chi connectivity index (χ0) is 19.8. The zero-order valence-electron chi connectivity index (χ0n) is 16.7. The predicted octanol–water partition coefficient (Wildman–Crippen LogP) is 4.40. The molecule has 4 nitrogen and oxygen atoms in total. The van der Waals surface area contributed by atoms with Gasteiger partial charge in [-0.25, -0.2) is 13.1 Å². The average molecular weight is 385 g/mol. The molecular formula is C22H28N2O2S. The lowest BCUT2D eigenvalue weighted by molar-refractivity contribution is 0.536. The van der Waals surface area contributed by atoms with E-state index in [1.54, 1.807) is 0 Å². The van der Waals surface area contributed by atoms with Crippen molar-refractivity contribution < 1.29 is 8.42 Å². The molecule has 0 amide bonds. The summed E-state index contributed by atoms with van der Waals surface area (Å²) < 4.78 is 31.1. The third kappa shape index (κ3) is 4.09. The molecule has 0 radical (unpaired) electrons. The SMILES string of the molecule is CC[C@@H](Cc1ccc2ccn(C)c2c1)NS(=O)(=O)c1c(C)cc(C)cc1C. The summed E-state index contributed by atoms with van der Waals surface area (Å²) in [6.07, 6.45) is 3.44. The molecule has 0 bridgehead atoms. The van der Waals surface area contributed by atoms with E-state index in [1.807, 2.05) is 53.1 Å². The zero-order valence-corrected chi connectivity index (χ0v) is 17.5. The van der Waals surface area contributed by atoms with Crippen molar-refractivity contribution in [3.8, 4) is 0 Å². The molecule has 0 aliphatic rings. The highest BCUT2D eigenvalue weighted by Crippen LogP contribution is 2.23. The van der Waals surface area contributed by atoms with E-state index in [0.717, 1.165) is 34.2 Å². The molecule has 3 aromatic rings. The van der Waals surface area contributed by atoms with Gasteiger partial charge in [0.25, 0.3) is 0 Å². The number of benzene rings is 2. The van der Waals surface area contributed by atoms with Crippen LogP contribution in [0.2, 0.25) is 0 Å². The molecule has 3 rings (SSSR count). The smallest absolute Gasteiger partial charge is 0.241 e. The number of aryl methyl sites for hydroxylation is 4. The van der Waals surface area contributed by atoms with Crippen molar-refractivity contribution in [3.63, 3.8) is 0 Å². The van der Waals surface area contributed by atoms with Gasteiger partial charge in [0.2, 0.25) is 10.0 Å². The number of nitrogens with one attached hydrogen (secondary N) is 1. The molecule has 0 fully saturated rings. The Hall–Kier alpha value is -2.11. The van der Waals surface area contributed by atoms with E-state index in [1.165, 1.54) is 5.39 Å². The van der Waals surface area contributed by atoms with Gasteiger partial charge >= 0.3 is 0 Å². The Balaban J connectivity index is 1.86. The number of hydrogen-bond acceptors (Lipinski definition) is 2. The molecule has 0 unspecified atom stereocenters. The number of nitrogens with zero attached hydrogens (tertiary/aromatic N) is 1. The van der Waals surface area contributed by atoms with Gasteiger partial charge in [0.1, 0.15) is 0 Å². The molecule has 0 spiro atoms. The van der Waals surface area contributed by atoms with Crippen LogP contribution in [0.1, 0.15) is 35.6 Å². The summed E-state index contributed by atoms with van der Waals surface area (Å²) in [7, 11) is -1.54. The molecule has 1 atom stereocenters. The lowest BCUT2D eigenvalue weighted by atomic mass is 10.0. The van der Waals surface area contributed by atoms with Crippen LogP contribution in [0, 0.1) is 20.8 Å². The van der Waals surface area contributed by atoms with Crippen molar-refractivity contribution in [2.75, 3.05) is 0 Å². The van der Waals surface area contributed by atoms with Crippen LogP contribution >= 0.6 is 0 Å². The first-order valence-corrected chi connectivity index (χ1v) is 10.8. The van der Waals surface area contributed by atoms with Gasteiger partial charge < -0.3 is 4.57 Å². The Bertz CT molecular complexity index is 1060. The predicted molar refractivity (Wildman–Crippen MR) is 112 cm³/mol. The van der Waals surface area contributed by atoms with Gasteiger partial charge in [-0.2, -0.15) is 0 Å². The Morgan fingerprint density at radius 3 is 2.33 bits per heavy atom. The monoisotopic (exact) mass is 384 g/mol. The normalized spacial score (nSPS) is 13.2. The van der Waals surface area contributed by atoms with Crippen LogP contribution < -0.4 is 4.72 Å². The molecule has 27 heavy (non-hydrogen) atoms. The van der Waals surface area contributed by atoms with E-state index in [2.05, 4.69) is 33.6 Å². The molecule has 1 N–H and O–H groups in total. The summed E-state index contributed by atoms with van der Waals surface area (Å²) in [6, 6.07) is 12.1. The van der Waals surface area contributed by atoms with Crippen LogP contribution in [-0.4, -0.2) is 19.0 Å². The Morgan fingerprint density at radius 2 is 1.70 bits per heavy atom. The second kappa shape index (κ2) is 7.49. The summed E-state index contributed by atoms with van der Waals surface area (Å²) in [5.74, 6) is 0. The Morgan fingerprint density at radius 1 is 1.04 bits per heavy atom. The standard InChI is InChI=1S/C22H28N2O2S/c1-6-20(13-18-7-8-19-9-10-24(5)21(19)14-18)23-27(25,26)22-16(3)11-15(2)12-17(22)4/h7-12,14,20,23H,6,13H2,1-5H3/t20-/m0/s1. The number of rotatable bonds is 6. The fourth-order valence-corrected chi connectivity index (χ4v) is 5.63. The summed E-state index contributed by atoms with van der Waals surface area (Å²) >= 11 is 0. The minimum absolute atomic E-state index is 0.146. The van der Waals surface area contributed by atoms with Crippen molar-refractivity contribution in [1.82, 2.24) is 9.29 Å². The van der Waals surface area contributed by atoms with E-state index in [-0.39, 0.29) is 6.04 Å². The lowest BCUT2D eigenvalue weighted by Crippen LogP contribution is -2.36. The highest BCUT2D eigenvalue weighted by Gasteiger charge is 2.23. The van der Waals surface area contributed by atoms with E-state index < -0.39 is 10.0 Å². The molecule has 0 saturated carbocycles. The second-order valence-electron chi connectivity index (χ2n) is 7.48. The molecule has 1 aromatic heterocycles. The molecule has 0 aliphatic carbocycles. The van der Waals surface area contributed by atoms with Crippen LogP contribution in [-0.2, 0) is 23.5 Å². The summed E-state index contributed by atoms with van der Waals surface area (Å²) in [5, 5.41) is 1.20. The number of hydrogen-bond donors (Lipinski definition) is 1. The molecular weight excluding hydrogens is 356 g/mol. The van der Waals surface area contributed by atoms with Gasteiger partial charge in [0.15, 0.2) is 0 Å². The third-order valence-electron chi connectivity index (χ3n) is 5.12. The Kier molecular flexibility index (Phi) is 5.45. The molecule has 0 saturated heterocycles. The first-order valence-electron chi connectivity index (χ1n) is 9.35. The lowest BCUT2D eigenvalue weighted by Gasteiger charge is -2.20. The van der Waals surface area contributed by atoms with E-state index in [4.69, 9.17) is 0 Å². The third-order valence-corrected chi connectivity index (χ3v) is 6.95. The quantitative estimate of drug-likeness (QED) is 0.685. The van der Waals surface area contributed by atoms with Crippen LogP contribution in [0.25, 0.3) is 10.9 Å². The number of fused-ring (bicyclic) bond motifs is 1. The molecule has 0 aliphatic heterocycles. The first kappa shape index (κ1) is 19.6. The maximum absolute atomic E-state index is 13.1. The van der Waals surface area contributed by atoms with Crippen LogP contribution in [0.15, 0.2) is 47.5 Å². The molecule has 5 heteroatoms. The van der Waals surface area contributed by atoms with Crippen LogP contribution in [0.3, 0.4) is 0 Å². The van der Waals surface area contributed by atoms with Gasteiger partial charge in [-0.05, 0) is 67.8 Å². The first-order chi connectivity index (χ1) is 12.7. The number of aromatic nitrogens is 1. The maximum Gasteiger partial charge on any atom is 0.241 e. The van der Waals surface area contributed by atoms with E-state index in [0.29, 0.717) is 11.3 Å². The molecule has 144 valence electrons. The summed E-state index contributed by atoms with van der Waals surface area (Å²) in [6.45, 7) is 7.72. The maximum atomic E-state index is 13.1. The molecule has 2 aromatic carbocycles. The fraction of sp³-hybridized carbons (Fsp3) is 0.364. The van der Waals surface area contributed by atoms with Crippen molar-refractivity contribution in [2.45, 2.75) is 51.5 Å². The number of sulfonamides is 1. The van der Waals surface area contributed by atoms with E-state index >= 15 is 0 Å². The highest BCUT2D eigenvalue weighted by atomic mass is 32.2. The fourth-order valence-electron chi connectivity index (χ4n) is 3.86.